The van der Waals surface area contributed by atoms with Gasteiger partial charge in [0, 0.05) is 6.54 Å². The first-order valence-electron chi connectivity index (χ1n) is 4.13. The summed E-state index contributed by atoms with van der Waals surface area (Å²) in [4.78, 5) is 2.32. The Hall–Kier alpha value is -0.820. The third-order valence-corrected chi connectivity index (χ3v) is 2.32. The van der Waals surface area contributed by atoms with Crippen molar-refractivity contribution in [3.05, 3.63) is 23.8 Å². The lowest BCUT2D eigenvalue weighted by molar-refractivity contribution is 0.347. The Kier molecular flexibility index (Phi) is 1.46. The molecule has 0 spiro atoms. The van der Waals surface area contributed by atoms with Gasteiger partial charge in [-0.2, -0.15) is 0 Å². The SMILES string of the molecule is CCN(C)Cc1ccc2cc1-2. The number of benzene rings is 1. The standard InChI is InChI=1S/C10H13N/c1-3-11(2)7-9-5-4-8-6-10(8)9/h4-6H,3,7H2,1-2H3. The normalized spacial score (nSPS) is 12.3. The highest BCUT2D eigenvalue weighted by Crippen LogP contribution is 2.38. The molecule has 0 N–H and O–H groups in total. The van der Waals surface area contributed by atoms with E-state index in [4.69, 9.17) is 0 Å². The molecule has 2 rings (SSSR count). The van der Waals surface area contributed by atoms with Crippen molar-refractivity contribution in [2.75, 3.05) is 13.6 Å². The number of fused-ring (bicyclic) bond motifs is 1. The van der Waals surface area contributed by atoms with Crippen LogP contribution >= 0.6 is 0 Å². The predicted molar refractivity (Wildman–Crippen MR) is 47.4 cm³/mol. The largest absolute Gasteiger partial charge is 0.302 e. The van der Waals surface area contributed by atoms with E-state index in [2.05, 4.69) is 37.1 Å². The Morgan fingerprint density at radius 2 is 2.18 bits per heavy atom. The monoisotopic (exact) mass is 147 g/mol. The van der Waals surface area contributed by atoms with E-state index in [1.54, 1.807) is 0 Å². The van der Waals surface area contributed by atoms with Gasteiger partial charge in [-0.1, -0.05) is 19.1 Å². The van der Waals surface area contributed by atoms with Crippen LogP contribution in [0, 0.1) is 0 Å². The van der Waals surface area contributed by atoms with Gasteiger partial charge in [-0.05, 0) is 36.3 Å². The van der Waals surface area contributed by atoms with E-state index < -0.39 is 0 Å². The zero-order valence-corrected chi connectivity index (χ0v) is 7.09. The van der Waals surface area contributed by atoms with Gasteiger partial charge >= 0.3 is 0 Å². The molecule has 0 unspecified atom stereocenters. The van der Waals surface area contributed by atoms with Crippen molar-refractivity contribution in [3.8, 4) is 11.1 Å². The maximum Gasteiger partial charge on any atom is 0.0236 e. The topological polar surface area (TPSA) is 3.24 Å². The molecular weight excluding hydrogens is 134 g/mol. The lowest BCUT2D eigenvalue weighted by atomic mass is 10.3. The summed E-state index contributed by atoms with van der Waals surface area (Å²) in [7, 11) is 2.15. The van der Waals surface area contributed by atoms with Gasteiger partial charge in [-0.15, -0.1) is 0 Å². The highest BCUT2D eigenvalue weighted by atomic mass is 15.1. The first kappa shape index (κ1) is 6.86. The van der Waals surface area contributed by atoms with Gasteiger partial charge in [0.1, 0.15) is 0 Å². The van der Waals surface area contributed by atoms with Gasteiger partial charge in [0.05, 0.1) is 0 Å². The molecule has 2 aliphatic carbocycles. The van der Waals surface area contributed by atoms with E-state index in [1.807, 2.05) is 0 Å². The van der Waals surface area contributed by atoms with Crippen molar-refractivity contribution in [1.29, 1.82) is 0 Å². The summed E-state index contributed by atoms with van der Waals surface area (Å²) in [5.41, 5.74) is 4.43. The summed E-state index contributed by atoms with van der Waals surface area (Å²) in [5, 5.41) is 0. The second-order valence-corrected chi connectivity index (χ2v) is 3.20. The maximum absolute atomic E-state index is 2.32. The molecular formula is C10H13N. The van der Waals surface area contributed by atoms with Crippen LogP contribution in [0.5, 0.6) is 0 Å². The van der Waals surface area contributed by atoms with Gasteiger partial charge in [-0.25, -0.2) is 0 Å². The molecule has 1 nitrogen and oxygen atoms in total. The molecule has 1 heteroatoms. The summed E-state index contributed by atoms with van der Waals surface area (Å²) >= 11 is 0. The molecule has 0 saturated heterocycles. The number of hydrogen-bond donors (Lipinski definition) is 0. The molecule has 0 fully saturated rings. The van der Waals surface area contributed by atoms with Crippen LogP contribution in [0.25, 0.3) is 11.1 Å². The molecule has 0 aromatic heterocycles. The lowest BCUT2D eigenvalue weighted by Gasteiger charge is -2.12. The quantitative estimate of drug-likeness (QED) is 0.642. The summed E-state index contributed by atoms with van der Waals surface area (Å²) < 4.78 is 0. The van der Waals surface area contributed by atoms with Gasteiger partial charge < -0.3 is 4.90 Å². The van der Waals surface area contributed by atoms with Crippen LogP contribution in [0.15, 0.2) is 18.2 Å². The fourth-order valence-corrected chi connectivity index (χ4v) is 1.36. The summed E-state index contributed by atoms with van der Waals surface area (Å²) in [6.45, 7) is 4.41. The van der Waals surface area contributed by atoms with Crippen LogP contribution in [0.2, 0.25) is 0 Å². The minimum absolute atomic E-state index is 1.10. The molecule has 0 atom stereocenters. The third-order valence-electron chi connectivity index (χ3n) is 2.32. The molecule has 0 aromatic carbocycles. The molecule has 0 aromatic rings. The first-order chi connectivity index (χ1) is 5.31. The fourth-order valence-electron chi connectivity index (χ4n) is 1.36. The van der Waals surface area contributed by atoms with Gasteiger partial charge in [0.15, 0.2) is 0 Å². The summed E-state index contributed by atoms with van der Waals surface area (Å²) in [5.74, 6) is 0. The minimum atomic E-state index is 1.10. The Bertz CT molecular complexity index is 278. The van der Waals surface area contributed by atoms with Gasteiger partial charge in [0.25, 0.3) is 0 Å². The molecule has 0 radical (unpaired) electrons. The van der Waals surface area contributed by atoms with Crippen molar-refractivity contribution in [1.82, 2.24) is 4.90 Å². The summed E-state index contributed by atoms with van der Waals surface area (Å²) in [6.07, 6.45) is 0. The van der Waals surface area contributed by atoms with E-state index in [-0.39, 0.29) is 0 Å². The van der Waals surface area contributed by atoms with Crippen LogP contribution in [0.3, 0.4) is 0 Å². The number of rotatable bonds is 3. The zero-order valence-electron chi connectivity index (χ0n) is 7.09. The molecule has 0 saturated carbocycles. The average molecular weight is 147 g/mol. The molecule has 0 heterocycles. The maximum atomic E-state index is 2.32. The van der Waals surface area contributed by atoms with Crippen LogP contribution < -0.4 is 0 Å². The minimum Gasteiger partial charge on any atom is -0.302 e. The van der Waals surface area contributed by atoms with Gasteiger partial charge in [-0.3, -0.25) is 0 Å². The van der Waals surface area contributed by atoms with Crippen LogP contribution in [-0.4, -0.2) is 18.5 Å². The highest BCUT2D eigenvalue weighted by Gasteiger charge is 2.17. The fraction of sp³-hybridized carbons (Fsp3) is 0.400. The third kappa shape index (κ3) is 1.16. The van der Waals surface area contributed by atoms with Crippen LogP contribution in [0.1, 0.15) is 12.5 Å². The molecule has 0 bridgehead atoms. The van der Waals surface area contributed by atoms with Crippen molar-refractivity contribution in [3.63, 3.8) is 0 Å². The van der Waals surface area contributed by atoms with E-state index in [0.717, 1.165) is 13.1 Å². The summed E-state index contributed by atoms with van der Waals surface area (Å²) in [6, 6.07) is 6.68. The van der Waals surface area contributed by atoms with Crippen molar-refractivity contribution < 1.29 is 0 Å². The molecule has 0 amide bonds. The Morgan fingerprint density at radius 3 is 2.64 bits per heavy atom. The van der Waals surface area contributed by atoms with Crippen molar-refractivity contribution in [2.45, 2.75) is 13.5 Å². The van der Waals surface area contributed by atoms with Crippen LogP contribution in [-0.2, 0) is 6.54 Å². The van der Waals surface area contributed by atoms with Crippen LogP contribution in [0.4, 0.5) is 0 Å². The second-order valence-electron chi connectivity index (χ2n) is 3.20. The average Bonchev–Trinajstić information content (AvgIpc) is 2.70. The Morgan fingerprint density at radius 1 is 1.36 bits per heavy atom. The van der Waals surface area contributed by atoms with E-state index >= 15 is 0 Å². The van der Waals surface area contributed by atoms with Crippen molar-refractivity contribution >= 4 is 0 Å². The van der Waals surface area contributed by atoms with Gasteiger partial charge in [0.2, 0.25) is 0 Å². The predicted octanol–water partition coefficient (Wildman–Crippen LogP) is 2.12. The Labute approximate surface area is 67.6 Å². The smallest absolute Gasteiger partial charge is 0.0236 e. The molecule has 11 heavy (non-hydrogen) atoms. The van der Waals surface area contributed by atoms with E-state index in [1.165, 1.54) is 16.7 Å². The lowest BCUT2D eigenvalue weighted by Crippen LogP contribution is -2.16. The molecule has 2 aliphatic rings. The first-order valence-corrected chi connectivity index (χ1v) is 4.13. The molecule has 0 aliphatic heterocycles. The molecule has 58 valence electrons. The second kappa shape index (κ2) is 2.35. The number of nitrogens with zero attached hydrogens (tertiary/aromatic N) is 1. The number of hydrogen-bond acceptors (Lipinski definition) is 1. The van der Waals surface area contributed by atoms with E-state index in [9.17, 15) is 0 Å². The Balaban J connectivity index is 2.03. The highest BCUT2D eigenvalue weighted by molar-refractivity contribution is 5.84. The van der Waals surface area contributed by atoms with Crippen molar-refractivity contribution in [2.24, 2.45) is 0 Å². The zero-order chi connectivity index (χ0) is 7.84. The van der Waals surface area contributed by atoms with E-state index in [0.29, 0.717) is 0 Å².